The zero-order chi connectivity index (χ0) is 17.5. The Kier molecular flexibility index (Phi) is 4.63. The van der Waals surface area contributed by atoms with E-state index >= 15 is 0 Å². The van der Waals surface area contributed by atoms with E-state index in [0.29, 0.717) is 39.0 Å². The molecule has 3 rings (SSSR count). The maximum atomic E-state index is 12.7. The van der Waals surface area contributed by atoms with E-state index in [2.05, 4.69) is 0 Å². The van der Waals surface area contributed by atoms with Crippen LogP contribution in [-0.2, 0) is 24.3 Å². The van der Waals surface area contributed by atoms with Gasteiger partial charge >= 0.3 is 5.97 Å². The van der Waals surface area contributed by atoms with Crippen LogP contribution in [0.1, 0.15) is 32.1 Å². The third kappa shape index (κ3) is 3.31. The molecule has 1 aliphatic carbocycles. The Labute approximate surface area is 143 Å². The van der Waals surface area contributed by atoms with E-state index in [-0.39, 0.29) is 29.1 Å². The minimum absolute atomic E-state index is 0.0118. The van der Waals surface area contributed by atoms with E-state index in [1.165, 1.54) is 17.7 Å². The van der Waals surface area contributed by atoms with Crippen molar-refractivity contribution >= 4 is 21.9 Å². The third-order valence-corrected chi connectivity index (χ3v) is 7.32. The van der Waals surface area contributed by atoms with Gasteiger partial charge in [0.1, 0.15) is 0 Å². The Morgan fingerprint density at radius 2 is 1.67 bits per heavy atom. The van der Waals surface area contributed by atoms with E-state index in [1.807, 2.05) is 4.90 Å². The highest BCUT2D eigenvalue weighted by atomic mass is 32.2. The van der Waals surface area contributed by atoms with Gasteiger partial charge in [0, 0.05) is 32.1 Å². The number of likely N-dealkylation sites (tertiary alicyclic amines) is 1. The van der Waals surface area contributed by atoms with Gasteiger partial charge in [0.05, 0.1) is 19.3 Å². The number of piperidine rings is 2. The second-order valence-electron chi connectivity index (χ2n) is 7.40. The first-order chi connectivity index (χ1) is 11.3. The molecule has 24 heavy (non-hydrogen) atoms. The predicted octanol–water partition coefficient (Wildman–Crippen LogP) is 0.460. The number of hydrogen-bond acceptors (Lipinski definition) is 5. The fraction of sp³-hybridized carbons (Fsp3) is 0.875. The molecule has 136 valence electrons. The number of sulfonamides is 1. The smallest absolute Gasteiger partial charge is 0.309 e. The minimum Gasteiger partial charge on any atom is -0.469 e. The van der Waals surface area contributed by atoms with Crippen molar-refractivity contribution in [2.75, 3.05) is 39.5 Å². The molecule has 0 N–H and O–H groups in total. The lowest BCUT2D eigenvalue weighted by atomic mass is 9.89. The predicted molar refractivity (Wildman–Crippen MR) is 87.5 cm³/mol. The van der Waals surface area contributed by atoms with Gasteiger partial charge in [0.2, 0.25) is 15.9 Å². The summed E-state index contributed by atoms with van der Waals surface area (Å²) >= 11 is 0. The first-order valence-electron chi connectivity index (χ1n) is 8.58. The summed E-state index contributed by atoms with van der Waals surface area (Å²) in [7, 11) is -1.73. The van der Waals surface area contributed by atoms with Crippen LogP contribution in [0.3, 0.4) is 0 Å². The van der Waals surface area contributed by atoms with Crippen LogP contribution in [0.25, 0.3) is 0 Å². The normalized spacial score (nSPS) is 27.9. The standard InChI is InChI=1S/C16H26N2O5S/c1-23-15(20)13-11-16(13)5-9-17(10-6-16)14(19)12-3-7-18(8-4-12)24(2,21)22/h12-13H,3-11H2,1-2H3/t13-/m1/s1. The number of ether oxygens (including phenoxy) is 1. The summed E-state index contributed by atoms with van der Waals surface area (Å²) in [6.45, 7) is 2.24. The third-order valence-electron chi connectivity index (χ3n) is 6.02. The van der Waals surface area contributed by atoms with Crippen molar-refractivity contribution in [2.24, 2.45) is 17.3 Å². The van der Waals surface area contributed by atoms with Gasteiger partial charge in [-0.15, -0.1) is 0 Å². The lowest BCUT2D eigenvalue weighted by molar-refractivity contribution is -0.143. The summed E-state index contributed by atoms with van der Waals surface area (Å²) in [4.78, 5) is 26.2. The SMILES string of the molecule is COC(=O)[C@H]1CC12CCN(C(=O)C1CCN(S(C)(=O)=O)CC1)CC2. The molecule has 0 radical (unpaired) electrons. The van der Waals surface area contributed by atoms with Gasteiger partial charge in [-0.3, -0.25) is 9.59 Å². The Morgan fingerprint density at radius 1 is 1.08 bits per heavy atom. The first-order valence-corrected chi connectivity index (χ1v) is 10.4. The molecule has 8 heteroatoms. The maximum absolute atomic E-state index is 12.7. The number of nitrogens with zero attached hydrogens (tertiary/aromatic N) is 2. The van der Waals surface area contributed by atoms with Crippen LogP contribution in [0.4, 0.5) is 0 Å². The molecule has 0 bridgehead atoms. The second-order valence-corrected chi connectivity index (χ2v) is 9.39. The van der Waals surface area contributed by atoms with Crippen molar-refractivity contribution in [3.8, 4) is 0 Å². The molecular formula is C16H26N2O5S. The molecule has 0 unspecified atom stereocenters. The summed E-state index contributed by atoms with van der Waals surface area (Å²) in [6.07, 6.45) is 5.01. The number of hydrogen-bond donors (Lipinski definition) is 0. The van der Waals surface area contributed by atoms with Gasteiger partial charge in [-0.05, 0) is 37.5 Å². The summed E-state index contributed by atoms with van der Waals surface area (Å²) < 4.78 is 29.4. The first kappa shape index (κ1) is 17.7. The molecule has 7 nitrogen and oxygen atoms in total. The van der Waals surface area contributed by atoms with Crippen molar-refractivity contribution in [1.29, 1.82) is 0 Å². The van der Waals surface area contributed by atoms with Gasteiger partial charge < -0.3 is 9.64 Å². The Morgan fingerprint density at radius 3 is 2.17 bits per heavy atom. The van der Waals surface area contributed by atoms with Crippen LogP contribution in [0, 0.1) is 17.3 Å². The quantitative estimate of drug-likeness (QED) is 0.685. The molecule has 3 aliphatic rings. The van der Waals surface area contributed by atoms with Crippen molar-refractivity contribution in [2.45, 2.75) is 32.1 Å². The van der Waals surface area contributed by atoms with Crippen LogP contribution in [0.15, 0.2) is 0 Å². The highest BCUT2D eigenvalue weighted by Crippen LogP contribution is 2.59. The van der Waals surface area contributed by atoms with Gasteiger partial charge in [0.15, 0.2) is 0 Å². The molecule has 2 aliphatic heterocycles. The molecule has 1 atom stereocenters. The number of rotatable bonds is 3. The Balaban J connectivity index is 1.49. The van der Waals surface area contributed by atoms with Crippen molar-refractivity contribution in [3.05, 3.63) is 0 Å². The van der Waals surface area contributed by atoms with Gasteiger partial charge in [-0.1, -0.05) is 0 Å². The largest absolute Gasteiger partial charge is 0.469 e. The van der Waals surface area contributed by atoms with E-state index in [9.17, 15) is 18.0 Å². The topological polar surface area (TPSA) is 84.0 Å². The molecule has 2 heterocycles. The van der Waals surface area contributed by atoms with Crippen molar-refractivity contribution in [1.82, 2.24) is 9.21 Å². The number of esters is 1. The Bertz CT molecular complexity index is 616. The number of amides is 1. The second kappa shape index (κ2) is 6.29. The molecule has 0 aromatic rings. The zero-order valence-electron chi connectivity index (χ0n) is 14.4. The molecule has 1 saturated carbocycles. The molecule has 1 spiro atoms. The van der Waals surface area contributed by atoms with Crippen LogP contribution >= 0.6 is 0 Å². The molecule has 0 aromatic heterocycles. The van der Waals surface area contributed by atoms with Gasteiger partial charge in [-0.25, -0.2) is 12.7 Å². The van der Waals surface area contributed by atoms with Crippen LogP contribution in [0.5, 0.6) is 0 Å². The fourth-order valence-corrected chi connectivity index (χ4v) is 5.11. The van der Waals surface area contributed by atoms with Gasteiger partial charge in [0.25, 0.3) is 0 Å². The van der Waals surface area contributed by atoms with E-state index < -0.39 is 10.0 Å². The summed E-state index contributed by atoms with van der Waals surface area (Å²) in [5.41, 5.74) is 0.0591. The van der Waals surface area contributed by atoms with Gasteiger partial charge in [-0.2, -0.15) is 0 Å². The molecule has 3 fully saturated rings. The van der Waals surface area contributed by atoms with Crippen LogP contribution in [-0.4, -0.2) is 69.0 Å². The molecule has 1 amide bonds. The lowest BCUT2D eigenvalue weighted by Gasteiger charge is -2.37. The van der Waals surface area contributed by atoms with E-state index in [1.54, 1.807) is 0 Å². The molecular weight excluding hydrogens is 332 g/mol. The average Bonchev–Trinajstić information content (AvgIpc) is 3.27. The Hall–Kier alpha value is -1.15. The monoisotopic (exact) mass is 358 g/mol. The lowest BCUT2D eigenvalue weighted by Crippen LogP contribution is -2.47. The molecule has 0 aromatic carbocycles. The summed E-state index contributed by atoms with van der Waals surface area (Å²) in [5, 5.41) is 0. The van der Waals surface area contributed by atoms with Crippen LogP contribution < -0.4 is 0 Å². The number of methoxy groups -OCH3 is 1. The van der Waals surface area contributed by atoms with E-state index in [4.69, 9.17) is 4.74 Å². The summed E-state index contributed by atoms with van der Waals surface area (Å²) in [5.74, 6) is -0.0402. The van der Waals surface area contributed by atoms with Crippen molar-refractivity contribution < 1.29 is 22.7 Å². The average molecular weight is 358 g/mol. The summed E-state index contributed by atoms with van der Waals surface area (Å²) in [6, 6.07) is 0. The van der Waals surface area contributed by atoms with Crippen LogP contribution in [0.2, 0.25) is 0 Å². The fourth-order valence-electron chi connectivity index (χ4n) is 4.24. The van der Waals surface area contributed by atoms with Crippen molar-refractivity contribution in [3.63, 3.8) is 0 Å². The highest BCUT2D eigenvalue weighted by Gasteiger charge is 2.59. The minimum atomic E-state index is -3.16. The molecule has 2 saturated heterocycles. The number of carbonyl (C=O) groups is 2. The number of carbonyl (C=O) groups excluding carboxylic acids is 2. The van der Waals surface area contributed by atoms with E-state index in [0.717, 1.165) is 19.3 Å². The highest BCUT2D eigenvalue weighted by molar-refractivity contribution is 7.88. The maximum Gasteiger partial charge on any atom is 0.309 e. The zero-order valence-corrected chi connectivity index (χ0v) is 15.2.